The first-order valence-corrected chi connectivity index (χ1v) is 5.92. The van der Waals surface area contributed by atoms with Crippen molar-refractivity contribution in [2.75, 3.05) is 17.1 Å². The van der Waals surface area contributed by atoms with Crippen LogP contribution in [0.4, 0.5) is 0 Å². The van der Waals surface area contributed by atoms with Crippen LogP contribution in [0.1, 0.15) is 20.3 Å². The van der Waals surface area contributed by atoms with Crippen LogP contribution in [0.5, 0.6) is 0 Å². The Morgan fingerprint density at radius 2 is 2.11 bits per heavy atom. The second-order valence-electron chi connectivity index (χ2n) is 2.29. The molecule has 0 amide bonds. The van der Waals surface area contributed by atoms with Crippen LogP contribution in [0.3, 0.4) is 0 Å². The lowest BCUT2D eigenvalue weighted by atomic mass is 10.2. The summed E-state index contributed by atoms with van der Waals surface area (Å²) in [4.78, 5) is 0. The van der Waals surface area contributed by atoms with Crippen molar-refractivity contribution in [3.05, 3.63) is 0 Å². The zero-order valence-corrected chi connectivity index (χ0v) is 8.15. The minimum atomic E-state index is 0.905. The predicted octanol–water partition coefficient (Wildman–Crippen LogP) is 3.09. The van der Waals surface area contributed by atoms with E-state index in [4.69, 9.17) is 0 Å². The van der Waals surface area contributed by atoms with Gasteiger partial charge in [0.05, 0.1) is 0 Å². The number of hydrogen-bond donors (Lipinski definition) is 0. The molecule has 0 fully saturated rings. The van der Waals surface area contributed by atoms with Gasteiger partial charge in [-0.25, -0.2) is 0 Å². The van der Waals surface area contributed by atoms with E-state index in [2.05, 4.69) is 20.1 Å². The number of hydrogen-bond acceptors (Lipinski definition) is 2. The van der Waals surface area contributed by atoms with Crippen molar-refractivity contribution in [2.45, 2.75) is 20.3 Å². The summed E-state index contributed by atoms with van der Waals surface area (Å²) in [6.07, 6.45) is 3.48. The molecule has 0 aromatic rings. The summed E-state index contributed by atoms with van der Waals surface area (Å²) in [7, 11) is 0. The van der Waals surface area contributed by atoms with Crippen molar-refractivity contribution in [2.24, 2.45) is 5.92 Å². The van der Waals surface area contributed by atoms with Crippen LogP contribution in [-0.2, 0) is 0 Å². The average Bonchev–Trinajstić information content (AvgIpc) is 1.89. The molecule has 0 spiro atoms. The van der Waals surface area contributed by atoms with E-state index >= 15 is 0 Å². The fourth-order valence-electron chi connectivity index (χ4n) is 0.450. The Kier molecular flexibility index (Phi) is 7.34. The van der Waals surface area contributed by atoms with E-state index in [1.165, 1.54) is 17.3 Å². The van der Waals surface area contributed by atoms with Crippen LogP contribution < -0.4 is 0 Å². The minimum Gasteiger partial charge on any atom is -0.155 e. The summed E-state index contributed by atoms with van der Waals surface area (Å²) in [5.74, 6) is 2.24. The molecule has 56 valence electrons. The van der Waals surface area contributed by atoms with Gasteiger partial charge in [-0.3, -0.25) is 0 Å². The van der Waals surface area contributed by atoms with Crippen LogP contribution in [0.15, 0.2) is 0 Å². The number of thioether (sulfide) groups is 2. The molecule has 0 aromatic carbocycles. The third-order valence-corrected chi connectivity index (χ3v) is 3.71. The van der Waals surface area contributed by atoms with Gasteiger partial charge >= 0.3 is 0 Å². The second kappa shape index (κ2) is 6.81. The Hall–Kier alpha value is 0.700. The largest absolute Gasteiger partial charge is 0.155 e. The van der Waals surface area contributed by atoms with E-state index < -0.39 is 0 Å². The van der Waals surface area contributed by atoms with Gasteiger partial charge in [-0.05, 0) is 17.9 Å². The smallest absolute Gasteiger partial charge is 0.0389 e. The van der Waals surface area contributed by atoms with E-state index in [9.17, 15) is 0 Å². The molecule has 1 atom stereocenters. The molecule has 0 radical (unpaired) electrons. The maximum atomic E-state index is 2.31. The lowest BCUT2D eigenvalue weighted by molar-refractivity contribution is 0.637. The highest BCUT2D eigenvalue weighted by Crippen LogP contribution is 2.14. The van der Waals surface area contributed by atoms with Gasteiger partial charge in [0.2, 0.25) is 0 Å². The Labute approximate surface area is 67.2 Å². The first-order valence-electron chi connectivity index (χ1n) is 3.38. The van der Waals surface area contributed by atoms with Gasteiger partial charge in [0.25, 0.3) is 0 Å². The molecule has 0 aromatic heterocycles. The highest BCUT2D eigenvalue weighted by atomic mass is 32.2. The number of rotatable bonds is 5. The summed E-state index contributed by atoms with van der Waals surface area (Å²) in [5, 5.41) is 1.25. The fourth-order valence-corrected chi connectivity index (χ4v) is 2.14. The van der Waals surface area contributed by atoms with Gasteiger partial charge in [-0.2, -0.15) is 23.5 Å². The molecule has 0 N–H and O–H groups in total. The minimum absolute atomic E-state index is 0.905. The van der Waals surface area contributed by atoms with Crippen molar-refractivity contribution in [3.63, 3.8) is 0 Å². The van der Waals surface area contributed by atoms with Crippen LogP contribution >= 0.6 is 23.5 Å². The molecule has 0 aliphatic carbocycles. The van der Waals surface area contributed by atoms with Crippen molar-refractivity contribution in [3.8, 4) is 0 Å². The molecule has 1 unspecified atom stereocenters. The first kappa shape index (κ1) is 9.70. The van der Waals surface area contributed by atoms with Gasteiger partial charge in [0, 0.05) is 5.08 Å². The quantitative estimate of drug-likeness (QED) is 0.452. The van der Waals surface area contributed by atoms with E-state index in [1.807, 2.05) is 23.5 Å². The van der Waals surface area contributed by atoms with Crippen LogP contribution in [-0.4, -0.2) is 17.1 Å². The molecule has 0 saturated carbocycles. The average molecular weight is 164 g/mol. The molecule has 0 saturated heterocycles. The molecule has 0 bridgehead atoms. The molecular weight excluding hydrogens is 148 g/mol. The maximum Gasteiger partial charge on any atom is 0.0389 e. The van der Waals surface area contributed by atoms with Crippen molar-refractivity contribution in [1.29, 1.82) is 0 Å². The van der Waals surface area contributed by atoms with Gasteiger partial charge in [0.1, 0.15) is 0 Å². The third-order valence-electron chi connectivity index (χ3n) is 1.30. The Morgan fingerprint density at radius 3 is 2.56 bits per heavy atom. The lowest BCUT2D eigenvalue weighted by Gasteiger charge is -2.05. The zero-order chi connectivity index (χ0) is 7.11. The van der Waals surface area contributed by atoms with Gasteiger partial charge in [-0.15, -0.1) is 0 Å². The van der Waals surface area contributed by atoms with Crippen molar-refractivity contribution < 1.29 is 0 Å². The summed E-state index contributed by atoms with van der Waals surface area (Å²) in [6, 6.07) is 0. The van der Waals surface area contributed by atoms with Crippen LogP contribution in [0.25, 0.3) is 0 Å². The monoisotopic (exact) mass is 164 g/mol. The SMILES string of the molecule is CCC(C)CSCSC. The Morgan fingerprint density at radius 1 is 1.44 bits per heavy atom. The maximum absolute atomic E-state index is 2.31. The molecule has 2 heteroatoms. The van der Waals surface area contributed by atoms with E-state index in [0.29, 0.717) is 0 Å². The fraction of sp³-hybridized carbons (Fsp3) is 1.00. The predicted molar refractivity (Wildman–Crippen MR) is 50.3 cm³/mol. The van der Waals surface area contributed by atoms with Gasteiger partial charge in [-0.1, -0.05) is 20.3 Å². The Balaban J connectivity index is 2.88. The third kappa shape index (κ3) is 6.59. The van der Waals surface area contributed by atoms with Gasteiger partial charge < -0.3 is 0 Å². The lowest BCUT2D eigenvalue weighted by Crippen LogP contribution is -1.94. The topological polar surface area (TPSA) is 0 Å². The molecule has 0 heterocycles. The molecule has 0 aliphatic heterocycles. The summed E-state index contributed by atoms with van der Waals surface area (Å²) in [6.45, 7) is 4.57. The highest BCUT2D eigenvalue weighted by Gasteiger charge is 1.96. The molecule has 0 rings (SSSR count). The standard InChI is InChI=1S/C7H16S2/c1-4-7(2)5-9-6-8-3/h7H,4-6H2,1-3H3. The summed E-state index contributed by atoms with van der Waals surface area (Å²) < 4.78 is 0. The van der Waals surface area contributed by atoms with E-state index in [-0.39, 0.29) is 0 Å². The van der Waals surface area contributed by atoms with Crippen molar-refractivity contribution >= 4 is 23.5 Å². The molecule has 0 aliphatic rings. The summed E-state index contributed by atoms with van der Waals surface area (Å²) in [5.41, 5.74) is 0. The van der Waals surface area contributed by atoms with Gasteiger partial charge in [0.15, 0.2) is 0 Å². The van der Waals surface area contributed by atoms with E-state index in [0.717, 1.165) is 5.92 Å². The van der Waals surface area contributed by atoms with Crippen LogP contribution in [0.2, 0.25) is 0 Å². The highest BCUT2D eigenvalue weighted by molar-refractivity contribution is 8.15. The molecule has 9 heavy (non-hydrogen) atoms. The van der Waals surface area contributed by atoms with Crippen molar-refractivity contribution in [1.82, 2.24) is 0 Å². The molecular formula is C7H16S2. The first-order chi connectivity index (χ1) is 4.31. The van der Waals surface area contributed by atoms with E-state index in [1.54, 1.807) is 0 Å². The Bertz CT molecular complexity index is 54.9. The molecule has 0 nitrogen and oxygen atoms in total. The van der Waals surface area contributed by atoms with Crippen LogP contribution in [0, 0.1) is 5.92 Å². The second-order valence-corrected chi connectivity index (χ2v) is 4.55. The summed E-state index contributed by atoms with van der Waals surface area (Å²) >= 11 is 3.97. The normalized spacial score (nSPS) is 13.7. The zero-order valence-electron chi connectivity index (χ0n) is 6.52.